The Bertz CT molecular complexity index is 599. The van der Waals surface area contributed by atoms with Gasteiger partial charge in [-0.2, -0.15) is 0 Å². The largest absolute Gasteiger partial charge is 0.358 e. The van der Waals surface area contributed by atoms with E-state index in [9.17, 15) is 4.79 Å². The van der Waals surface area contributed by atoms with Crippen LogP contribution in [0.5, 0.6) is 0 Å². The van der Waals surface area contributed by atoms with Crippen LogP contribution in [0.1, 0.15) is 38.3 Å². The maximum Gasteiger partial charge on any atom is 0.317 e. The van der Waals surface area contributed by atoms with Gasteiger partial charge in [0.05, 0.1) is 0 Å². The number of hydrogen-bond donors (Lipinski definition) is 2. The fourth-order valence-corrected chi connectivity index (χ4v) is 3.07. The number of para-hydroxylation sites is 1. The lowest BCUT2D eigenvalue weighted by atomic mass is 9.95. The predicted octanol–water partition coefficient (Wildman–Crippen LogP) is 3.47. The molecule has 0 aliphatic carbocycles. The highest BCUT2D eigenvalue weighted by Crippen LogP contribution is 2.28. The Kier molecular flexibility index (Phi) is 3.86. The maximum atomic E-state index is 12.2. The zero-order valence-corrected chi connectivity index (χ0v) is 12.7. The lowest BCUT2D eigenvalue weighted by molar-refractivity contribution is 0.177. The highest BCUT2D eigenvalue weighted by atomic mass is 16.2. The lowest BCUT2D eigenvalue weighted by Crippen LogP contribution is -2.47. The number of aromatic amines is 1. The Morgan fingerprint density at radius 2 is 2.19 bits per heavy atom. The van der Waals surface area contributed by atoms with Crippen LogP contribution in [0, 0.1) is 0 Å². The van der Waals surface area contributed by atoms with E-state index in [1.165, 1.54) is 16.6 Å². The van der Waals surface area contributed by atoms with E-state index in [1.54, 1.807) is 0 Å². The minimum Gasteiger partial charge on any atom is -0.358 e. The number of aromatic nitrogens is 1. The predicted molar refractivity (Wildman–Crippen MR) is 85.5 cm³/mol. The molecule has 0 spiro atoms. The molecule has 1 aliphatic heterocycles. The number of likely N-dealkylation sites (tertiary alicyclic amines) is 1. The van der Waals surface area contributed by atoms with Crippen LogP contribution in [0.2, 0.25) is 0 Å². The number of amides is 2. The summed E-state index contributed by atoms with van der Waals surface area (Å²) in [5.41, 5.74) is 2.43. The first-order valence-electron chi connectivity index (χ1n) is 7.76. The lowest BCUT2D eigenvalue weighted by Gasteiger charge is -2.33. The number of hydrogen-bond acceptors (Lipinski definition) is 1. The first kappa shape index (κ1) is 14.0. The van der Waals surface area contributed by atoms with Crippen LogP contribution in [0.3, 0.4) is 0 Å². The summed E-state index contributed by atoms with van der Waals surface area (Å²) < 4.78 is 0. The molecule has 112 valence electrons. The third-order valence-electron chi connectivity index (χ3n) is 4.11. The molecule has 2 heterocycles. The molecule has 1 saturated heterocycles. The Labute approximate surface area is 125 Å². The molecule has 2 amide bonds. The highest BCUT2D eigenvalue weighted by molar-refractivity contribution is 5.80. The van der Waals surface area contributed by atoms with Crippen molar-refractivity contribution in [3.05, 3.63) is 36.0 Å². The van der Waals surface area contributed by atoms with Crippen molar-refractivity contribution in [3.8, 4) is 0 Å². The highest BCUT2D eigenvalue weighted by Gasteiger charge is 2.25. The second-order valence-electron chi connectivity index (χ2n) is 6.20. The molecule has 21 heavy (non-hydrogen) atoms. The number of nitrogens with one attached hydrogen (secondary N) is 2. The Morgan fingerprint density at radius 3 is 2.95 bits per heavy atom. The molecular weight excluding hydrogens is 262 g/mol. The number of fused-ring (bicyclic) bond motifs is 1. The van der Waals surface area contributed by atoms with Crippen LogP contribution in [0.15, 0.2) is 30.3 Å². The minimum absolute atomic E-state index is 0.0609. The van der Waals surface area contributed by atoms with Gasteiger partial charge in [0.25, 0.3) is 0 Å². The molecule has 1 aliphatic rings. The third kappa shape index (κ3) is 3.04. The van der Waals surface area contributed by atoms with Gasteiger partial charge in [0, 0.05) is 36.3 Å². The zero-order chi connectivity index (χ0) is 14.8. The van der Waals surface area contributed by atoms with Gasteiger partial charge in [0.2, 0.25) is 0 Å². The van der Waals surface area contributed by atoms with E-state index >= 15 is 0 Å². The van der Waals surface area contributed by atoms with Crippen molar-refractivity contribution in [2.75, 3.05) is 13.1 Å². The summed E-state index contributed by atoms with van der Waals surface area (Å²) in [5.74, 6) is 0.407. The first-order chi connectivity index (χ1) is 10.1. The Morgan fingerprint density at radius 1 is 1.38 bits per heavy atom. The van der Waals surface area contributed by atoms with Gasteiger partial charge >= 0.3 is 6.03 Å². The number of H-pyrrole nitrogens is 1. The number of rotatable bonds is 2. The molecule has 0 radical (unpaired) electrons. The van der Waals surface area contributed by atoms with Crippen molar-refractivity contribution in [2.45, 2.75) is 38.6 Å². The number of carbonyl (C=O) groups excluding carboxylic acids is 1. The summed E-state index contributed by atoms with van der Waals surface area (Å²) >= 11 is 0. The molecule has 1 aromatic carbocycles. The Hall–Kier alpha value is -1.97. The van der Waals surface area contributed by atoms with E-state index in [0.717, 1.165) is 25.9 Å². The van der Waals surface area contributed by atoms with E-state index < -0.39 is 0 Å². The number of carbonyl (C=O) groups is 1. The first-order valence-corrected chi connectivity index (χ1v) is 7.76. The second-order valence-corrected chi connectivity index (χ2v) is 6.20. The van der Waals surface area contributed by atoms with Crippen molar-refractivity contribution >= 4 is 16.9 Å². The quantitative estimate of drug-likeness (QED) is 0.872. The number of nitrogens with zero attached hydrogens (tertiary/aromatic N) is 1. The zero-order valence-electron chi connectivity index (χ0n) is 12.7. The Balaban J connectivity index is 1.74. The van der Waals surface area contributed by atoms with Crippen molar-refractivity contribution in [1.82, 2.24) is 15.2 Å². The summed E-state index contributed by atoms with van der Waals surface area (Å²) in [6.07, 6.45) is 2.20. The van der Waals surface area contributed by atoms with E-state index in [2.05, 4.69) is 34.6 Å². The molecule has 2 N–H and O–H groups in total. The van der Waals surface area contributed by atoms with Crippen LogP contribution in [-0.2, 0) is 0 Å². The van der Waals surface area contributed by atoms with Gasteiger partial charge in [-0.3, -0.25) is 0 Å². The molecule has 0 saturated carbocycles. The van der Waals surface area contributed by atoms with E-state index in [4.69, 9.17) is 0 Å². The van der Waals surface area contributed by atoms with Gasteiger partial charge in [-0.15, -0.1) is 0 Å². The summed E-state index contributed by atoms with van der Waals surface area (Å²) in [7, 11) is 0. The second kappa shape index (κ2) is 5.80. The monoisotopic (exact) mass is 285 g/mol. The van der Waals surface area contributed by atoms with Gasteiger partial charge in [0.1, 0.15) is 0 Å². The summed E-state index contributed by atoms with van der Waals surface area (Å²) in [6, 6.07) is 10.8. The van der Waals surface area contributed by atoms with Gasteiger partial charge in [-0.05, 0) is 44.2 Å². The van der Waals surface area contributed by atoms with E-state index in [0.29, 0.717) is 5.92 Å². The van der Waals surface area contributed by atoms with Crippen molar-refractivity contribution in [2.24, 2.45) is 0 Å². The van der Waals surface area contributed by atoms with Crippen molar-refractivity contribution in [3.63, 3.8) is 0 Å². The number of urea groups is 1. The fourth-order valence-electron chi connectivity index (χ4n) is 3.07. The van der Waals surface area contributed by atoms with Gasteiger partial charge in [-0.1, -0.05) is 18.2 Å². The smallest absolute Gasteiger partial charge is 0.317 e. The fraction of sp³-hybridized carbons (Fsp3) is 0.471. The van der Waals surface area contributed by atoms with Crippen LogP contribution < -0.4 is 5.32 Å². The molecule has 1 fully saturated rings. The van der Waals surface area contributed by atoms with E-state index in [-0.39, 0.29) is 12.1 Å². The summed E-state index contributed by atoms with van der Waals surface area (Å²) in [6.45, 7) is 5.65. The number of piperidine rings is 1. The molecule has 4 heteroatoms. The average Bonchev–Trinajstić information content (AvgIpc) is 2.90. The molecule has 1 aromatic heterocycles. The van der Waals surface area contributed by atoms with Crippen molar-refractivity contribution < 1.29 is 4.79 Å². The normalized spacial score (nSPS) is 19.2. The van der Waals surface area contributed by atoms with Crippen LogP contribution in [-0.4, -0.2) is 35.0 Å². The topological polar surface area (TPSA) is 48.1 Å². The summed E-state index contributed by atoms with van der Waals surface area (Å²) in [5, 5.41) is 4.23. The van der Waals surface area contributed by atoms with Crippen LogP contribution in [0.4, 0.5) is 4.79 Å². The standard InChI is InChI=1S/C17H23N3O/c1-12(2)18-17(21)20-9-5-7-14(11-20)16-10-13-6-3-4-8-15(13)19-16/h3-4,6,8,10,12,14,19H,5,7,9,11H2,1-2H3,(H,18,21). The van der Waals surface area contributed by atoms with Gasteiger partial charge in [0.15, 0.2) is 0 Å². The molecule has 1 unspecified atom stereocenters. The molecule has 2 aromatic rings. The SMILES string of the molecule is CC(C)NC(=O)N1CCCC(c2cc3ccccc3[nH]2)C1. The van der Waals surface area contributed by atoms with E-state index in [1.807, 2.05) is 24.8 Å². The van der Waals surface area contributed by atoms with Crippen LogP contribution >= 0.6 is 0 Å². The molecular formula is C17H23N3O. The van der Waals surface area contributed by atoms with Crippen LogP contribution in [0.25, 0.3) is 10.9 Å². The van der Waals surface area contributed by atoms with Gasteiger partial charge in [-0.25, -0.2) is 4.79 Å². The molecule has 1 atom stereocenters. The third-order valence-corrected chi connectivity index (χ3v) is 4.11. The number of benzene rings is 1. The van der Waals surface area contributed by atoms with Gasteiger partial charge < -0.3 is 15.2 Å². The summed E-state index contributed by atoms with van der Waals surface area (Å²) in [4.78, 5) is 17.6. The maximum absolute atomic E-state index is 12.2. The average molecular weight is 285 g/mol. The minimum atomic E-state index is 0.0609. The molecule has 3 rings (SSSR count). The molecule has 0 bridgehead atoms. The molecule has 4 nitrogen and oxygen atoms in total. The van der Waals surface area contributed by atoms with Crippen molar-refractivity contribution in [1.29, 1.82) is 0 Å².